The van der Waals surface area contributed by atoms with Crippen molar-refractivity contribution in [2.75, 3.05) is 12.9 Å². The van der Waals surface area contributed by atoms with E-state index in [1.54, 1.807) is 0 Å². The molecule has 0 saturated carbocycles. The predicted molar refractivity (Wildman–Crippen MR) is 61.8 cm³/mol. The lowest BCUT2D eigenvalue weighted by Crippen LogP contribution is -2.03. The second kappa shape index (κ2) is 5.78. The molecule has 0 radical (unpaired) electrons. The number of rotatable bonds is 4. The minimum atomic E-state index is -0.208. The largest absolute Gasteiger partial charge is 0.468 e. The van der Waals surface area contributed by atoms with Crippen LogP contribution < -0.4 is 5.73 Å². The zero-order valence-electron chi connectivity index (χ0n) is 8.95. The molecule has 0 saturated heterocycles. The maximum absolute atomic E-state index is 10.9. The fraction of sp³-hybridized carbons (Fsp3) is 0.364. The average Bonchev–Trinajstić information content (AvgIpc) is 2.26. The van der Waals surface area contributed by atoms with Gasteiger partial charge in [0.15, 0.2) is 0 Å². The van der Waals surface area contributed by atoms with Crippen molar-refractivity contribution in [3.05, 3.63) is 29.3 Å². The molecule has 0 spiro atoms. The quantitative estimate of drug-likeness (QED) is 0.626. The van der Waals surface area contributed by atoms with Crippen LogP contribution in [0, 0.1) is 6.92 Å². The maximum Gasteiger partial charge on any atom is 0.315 e. The molecule has 0 bridgehead atoms. The van der Waals surface area contributed by atoms with Crippen molar-refractivity contribution in [1.29, 1.82) is 0 Å². The van der Waals surface area contributed by atoms with Crippen molar-refractivity contribution in [2.45, 2.75) is 18.4 Å². The van der Waals surface area contributed by atoms with Gasteiger partial charge in [0.05, 0.1) is 12.9 Å². The number of nitrogens with two attached hydrogens (primary N) is 1. The van der Waals surface area contributed by atoms with Gasteiger partial charge in [-0.2, -0.15) is 0 Å². The lowest BCUT2D eigenvalue weighted by atomic mass is 10.1. The third-order valence-corrected chi connectivity index (χ3v) is 3.09. The van der Waals surface area contributed by atoms with Crippen molar-refractivity contribution in [3.63, 3.8) is 0 Å². The highest BCUT2D eigenvalue weighted by molar-refractivity contribution is 8.00. The summed E-state index contributed by atoms with van der Waals surface area (Å²) in [6.07, 6.45) is 0. The van der Waals surface area contributed by atoms with Crippen molar-refractivity contribution < 1.29 is 9.53 Å². The molecule has 1 rings (SSSR count). The Balaban J connectivity index is 2.63. The molecule has 4 heteroatoms. The first kappa shape index (κ1) is 12.1. The predicted octanol–water partition coefficient (Wildman–Crippen LogP) is 1.72. The van der Waals surface area contributed by atoms with Gasteiger partial charge in [-0.15, -0.1) is 11.8 Å². The van der Waals surface area contributed by atoms with Crippen LogP contribution in [0.2, 0.25) is 0 Å². The summed E-state index contributed by atoms with van der Waals surface area (Å²) in [5, 5.41) is 0. The van der Waals surface area contributed by atoms with E-state index in [-0.39, 0.29) is 5.97 Å². The van der Waals surface area contributed by atoms with E-state index in [2.05, 4.69) is 4.74 Å². The van der Waals surface area contributed by atoms with Gasteiger partial charge in [-0.1, -0.05) is 6.07 Å². The van der Waals surface area contributed by atoms with E-state index in [0.29, 0.717) is 12.3 Å². The van der Waals surface area contributed by atoms with Gasteiger partial charge in [0.25, 0.3) is 0 Å². The number of hydrogen-bond acceptors (Lipinski definition) is 4. The molecule has 0 aromatic heterocycles. The van der Waals surface area contributed by atoms with E-state index in [4.69, 9.17) is 5.73 Å². The van der Waals surface area contributed by atoms with Gasteiger partial charge in [-0.3, -0.25) is 4.79 Å². The van der Waals surface area contributed by atoms with E-state index >= 15 is 0 Å². The van der Waals surface area contributed by atoms with Crippen molar-refractivity contribution in [2.24, 2.45) is 5.73 Å². The first-order chi connectivity index (χ1) is 7.17. The summed E-state index contributed by atoms with van der Waals surface area (Å²) >= 11 is 1.47. The van der Waals surface area contributed by atoms with Gasteiger partial charge in [0.2, 0.25) is 0 Å². The number of ether oxygens (including phenoxy) is 1. The second-order valence-corrected chi connectivity index (χ2v) is 4.21. The Bertz CT molecular complexity index is 352. The Hall–Kier alpha value is -1.00. The summed E-state index contributed by atoms with van der Waals surface area (Å²) in [5.41, 5.74) is 7.86. The van der Waals surface area contributed by atoms with Crippen molar-refractivity contribution in [1.82, 2.24) is 0 Å². The molecular weight excluding hydrogens is 210 g/mol. The van der Waals surface area contributed by atoms with E-state index in [9.17, 15) is 4.79 Å². The zero-order valence-corrected chi connectivity index (χ0v) is 9.76. The number of thioether (sulfide) groups is 1. The van der Waals surface area contributed by atoms with E-state index < -0.39 is 0 Å². The standard InChI is InChI=1S/C11H15NO2S/c1-8-5-10(4-3-9(8)6-12)15-7-11(13)14-2/h3-5H,6-7,12H2,1-2H3. The van der Waals surface area contributed by atoms with Gasteiger partial charge in [0, 0.05) is 11.4 Å². The topological polar surface area (TPSA) is 52.3 Å². The van der Waals surface area contributed by atoms with Crippen molar-refractivity contribution >= 4 is 17.7 Å². The fourth-order valence-electron chi connectivity index (χ4n) is 1.19. The SMILES string of the molecule is COC(=O)CSc1ccc(CN)c(C)c1. The summed E-state index contributed by atoms with van der Waals surface area (Å²) in [4.78, 5) is 12.0. The molecule has 3 nitrogen and oxygen atoms in total. The smallest absolute Gasteiger partial charge is 0.315 e. The summed E-state index contributed by atoms with van der Waals surface area (Å²) < 4.78 is 4.57. The summed E-state index contributed by atoms with van der Waals surface area (Å²) in [7, 11) is 1.39. The van der Waals surface area contributed by atoms with E-state index in [1.807, 2.05) is 25.1 Å². The molecule has 0 heterocycles. The highest BCUT2D eigenvalue weighted by atomic mass is 32.2. The number of benzene rings is 1. The van der Waals surface area contributed by atoms with Crippen LogP contribution in [-0.2, 0) is 16.1 Å². The molecular formula is C11H15NO2S. The second-order valence-electron chi connectivity index (χ2n) is 3.16. The van der Waals surface area contributed by atoms with Crippen LogP contribution in [0.25, 0.3) is 0 Å². The van der Waals surface area contributed by atoms with Gasteiger partial charge in [-0.25, -0.2) is 0 Å². The van der Waals surface area contributed by atoms with Crippen LogP contribution in [0.5, 0.6) is 0 Å². The molecule has 0 unspecified atom stereocenters. The summed E-state index contributed by atoms with van der Waals surface area (Å²) in [5.74, 6) is 0.137. The lowest BCUT2D eigenvalue weighted by Gasteiger charge is -2.05. The van der Waals surface area contributed by atoms with Crippen LogP contribution in [0.1, 0.15) is 11.1 Å². The lowest BCUT2D eigenvalue weighted by molar-refractivity contribution is -0.137. The number of esters is 1. The van der Waals surface area contributed by atoms with Crippen LogP contribution in [0.3, 0.4) is 0 Å². The zero-order chi connectivity index (χ0) is 11.3. The minimum absolute atomic E-state index is 0.208. The molecule has 0 amide bonds. The van der Waals surface area contributed by atoms with Crippen molar-refractivity contribution in [3.8, 4) is 0 Å². The molecule has 2 N–H and O–H groups in total. The number of carbonyl (C=O) groups excluding carboxylic acids is 1. The first-order valence-corrected chi connectivity index (χ1v) is 5.65. The number of hydrogen-bond donors (Lipinski definition) is 1. The minimum Gasteiger partial charge on any atom is -0.468 e. The summed E-state index contributed by atoms with van der Waals surface area (Å²) in [6.45, 7) is 2.57. The highest BCUT2D eigenvalue weighted by Crippen LogP contribution is 2.21. The maximum atomic E-state index is 10.9. The third-order valence-electron chi connectivity index (χ3n) is 2.12. The van der Waals surface area contributed by atoms with Gasteiger partial charge >= 0.3 is 5.97 Å². The molecule has 0 aliphatic carbocycles. The molecule has 0 aliphatic rings. The van der Waals surface area contributed by atoms with Crippen LogP contribution >= 0.6 is 11.8 Å². The van der Waals surface area contributed by atoms with Gasteiger partial charge in [-0.05, 0) is 30.2 Å². The number of methoxy groups -OCH3 is 1. The molecule has 0 aliphatic heterocycles. The van der Waals surface area contributed by atoms with Crippen LogP contribution in [0.15, 0.2) is 23.1 Å². The molecule has 0 atom stereocenters. The monoisotopic (exact) mass is 225 g/mol. The molecule has 0 fully saturated rings. The third kappa shape index (κ3) is 3.57. The van der Waals surface area contributed by atoms with E-state index in [0.717, 1.165) is 16.0 Å². The Morgan fingerprint density at radius 1 is 1.53 bits per heavy atom. The van der Waals surface area contributed by atoms with Gasteiger partial charge < -0.3 is 10.5 Å². The fourth-order valence-corrected chi connectivity index (χ4v) is 2.02. The number of aryl methyl sites for hydroxylation is 1. The van der Waals surface area contributed by atoms with Crippen LogP contribution in [-0.4, -0.2) is 18.8 Å². The molecule has 1 aromatic rings. The Morgan fingerprint density at radius 3 is 2.80 bits per heavy atom. The first-order valence-electron chi connectivity index (χ1n) is 4.66. The molecule has 15 heavy (non-hydrogen) atoms. The average molecular weight is 225 g/mol. The summed E-state index contributed by atoms with van der Waals surface area (Å²) in [6, 6.07) is 6.01. The highest BCUT2D eigenvalue weighted by Gasteiger charge is 2.03. The van der Waals surface area contributed by atoms with Crippen LogP contribution in [0.4, 0.5) is 0 Å². The Kier molecular flexibility index (Phi) is 4.65. The van der Waals surface area contributed by atoms with Gasteiger partial charge in [0.1, 0.15) is 0 Å². The van der Waals surface area contributed by atoms with E-state index in [1.165, 1.54) is 18.9 Å². The Morgan fingerprint density at radius 2 is 2.27 bits per heavy atom. The normalized spacial score (nSPS) is 10.1. The number of carbonyl (C=O) groups is 1. The Labute approximate surface area is 94.0 Å². The molecule has 1 aromatic carbocycles. The molecule has 82 valence electrons.